The first-order chi connectivity index (χ1) is 8.26. The summed E-state index contributed by atoms with van der Waals surface area (Å²) in [5, 5.41) is 3.24. The van der Waals surface area contributed by atoms with Crippen molar-refractivity contribution in [1.82, 2.24) is 10.2 Å². The molecule has 98 valence electrons. The predicted octanol–water partition coefficient (Wildman–Crippen LogP) is 0.000700. The molecular weight excluding hydrogens is 220 g/mol. The van der Waals surface area contributed by atoms with E-state index in [9.17, 15) is 4.79 Å². The average molecular weight is 242 g/mol. The first kappa shape index (κ1) is 12.8. The fraction of sp³-hybridized carbons (Fsp3) is 0.917. The molecule has 0 unspecified atom stereocenters. The monoisotopic (exact) mass is 242 g/mol. The molecule has 2 rings (SSSR count). The summed E-state index contributed by atoms with van der Waals surface area (Å²) in [5.41, 5.74) is 0. The summed E-state index contributed by atoms with van der Waals surface area (Å²) in [6, 6.07) is 0.00730. The van der Waals surface area contributed by atoms with E-state index in [0.717, 1.165) is 19.4 Å². The number of amides is 1. The highest BCUT2D eigenvalue weighted by molar-refractivity contribution is 5.82. The van der Waals surface area contributed by atoms with Gasteiger partial charge in [-0.05, 0) is 26.3 Å². The molecule has 5 nitrogen and oxygen atoms in total. The number of hydrogen-bond acceptors (Lipinski definition) is 4. The Bertz CT molecular complexity index is 266. The topological polar surface area (TPSA) is 50.8 Å². The summed E-state index contributed by atoms with van der Waals surface area (Å²) in [7, 11) is 1.68. The Morgan fingerprint density at radius 2 is 2.18 bits per heavy atom. The van der Waals surface area contributed by atoms with Gasteiger partial charge in [-0.2, -0.15) is 0 Å². The average Bonchev–Trinajstić information content (AvgIpc) is 2.97. The maximum absolute atomic E-state index is 12.2. The highest BCUT2D eigenvalue weighted by Gasteiger charge is 2.38. The number of methoxy groups -OCH3 is 1. The summed E-state index contributed by atoms with van der Waals surface area (Å²) in [6.07, 6.45) is 2.08. The van der Waals surface area contributed by atoms with E-state index in [1.807, 2.05) is 11.8 Å². The standard InChI is InChI=1S/C12H22N2O3/c1-3-17-11-8-14(7-10(11)16-2)12(15)9-5-4-6-13-9/h9-11,13H,3-8H2,1-2H3/t9-,10+,11-/m1/s1. The van der Waals surface area contributed by atoms with Crippen molar-refractivity contribution in [2.24, 2.45) is 0 Å². The number of nitrogens with one attached hydrogen (secondary N) is 1. The van der Waals surface area contributed by atoms with Gasteiger partial charge in [-0.1, -0.05) is 0 Å². The second-order valence-electron chi connectivity index (χ2n) is 4.66. The Morgan fingerprint density at radius 3 is 2.76 bits per heavy atom. The molecule has 0 aromatic rings. The van der Waals surface area contributed by atoms with Crippen LogP contribution in [0.1, 0.15) is 19.8 Å². The van der Waals surface area contributed by atoms with Crippen molar-refractivity contribution in [2.75, 3.05) is 33.4 Å². The highest BCUT2D eigenvalue weighted by Crippen LogP contribution is 2.19. The number of carbonyl (C=O) groups excluding carboxylic acids is 1. The van der Waals surface area contributed by atoms with Crippen LogP contribution in [-0.2, 0) is 14.3 Å². The fourth-order valence-corrected chi connectivity index (χ4v) is 2.64. The van der Waals surface area contributed by atoms with Crippen molar-refractivity contribution >= 4 is 5.91 Å². The Balaban J connectivity index is 1.91. The summed E-state index contributed by atoms with van der Waals surface area (Å²) >= 11 is 0. The SMILES string of the molecule is CCO[C@@H]1CN(C(=O)[C@H]2CCCN2)C[C@@H]1OC. The molecule has 0 spiro atoms. The van der Waals surface area contributed by atoms with Crippen molar-refractivity contribution in [3.05, 3.63) is 0 Å². The molecule has 2 aliphatic heterocycles. The van der Waals surface area contributed by atoms with Gasteiger partial charge in [0.05, 0.1) is 6.04 Å². The molecule has 1 N–H and O–H groups in total. The van der Waals surface area contributed by atoms with Crippen LogP contribution in [0.15, 0.2) is 0 Å². The number of ether oxygens (including phenoxy) is 2. The van der Waals surface area contributed by atoms with E-state index in [4.69, 9.17) is 9.47 Å². The van der Waals surface area contributed by atoms with Crippen LogP contribution in [-0.4, -0.2) is 62.4 Å². The molecule has 5 heteroatoms. The molecule has 0 aromatic carbocycles. The van der Waals surface area contributed by atoms with Crippen molar-refractivity contribution in [3.8, 4) is 0 Å². The molecule has 1 amide bonds. The van der Waals surface area contributed by atoms with Crippen molar-refractivity contribution in [3.63, 3.8) is 0 Å². The molecule has 0 saturated carbocycles. The lowest BCUT2D eigenvalue weighted by Gasteiger charge is -2.20. The van der Waals surface area contributed by atoms with Crippen LogP contribution in [0.2, 0.25) is 0 Å². The van der Waals surface area contributed by atoms with Crippen LogP contribution in [0.5, 0.6) is 0 Å². The Kier molecular flexibility index (Phi) is 4.36. The van der Waals surface area contributed by atoms with Crippen LogP contribution >= 0.6 is 0 Å². The lowest BCUT2D eigenvalue weighted by atomic mass is 10.2. The second-order valence-corrected chi connectivity index (χ2v) is 4.66. The zero-order valence-electron chi connectivity index (χ0n) is 10.6. The molecular formula is C12H22N2O3. The molecule has 2 aliphatic rings. The molecule has 2 heterocycles. The third-order valence-electron chi connectivity index (χ3n) is 3.57. The van der Waals surface area contributed by atoms with Crippen LogP contribution in [0.3, 0.4) is 0 Å². The molecule has 0 aliphatic carbocycles. The van der Waals surface area contributed by atoms with Crippen molar-refractivity contribution in [1.29, 1.82) is 0 Å². The number of nitrogens with zero attached hydrogens (tertiary/aromatic N) is 1. The molecule has 0 aromatic heterocycles. The molecule has 17 heavy (non-hydrogen) atoms. The van der Waals surface area contributed by atoms with Gasteiger partial charge < -0.3 is 19.7 Å². The number of hydrogen-bond donors (Lipinski definition) is 1. The van der Waals surface area contributed by atoms with E-state index in [2.05, 4.69) is 5.32 Å². The molecule has 3 atom stereocenters. The van der Waals surface area contributed by atoms with Crippen LogP contribution < -0.4 is 5.32 Å². The van der Waals surface area contributed by atoms with E-state index in [1.54, 1.807) is 7.11 Å². The van der Waals surface area contributed by atoms with Crippen molar-refractivity contribution in [2.45, 2.75) is 38.0 Å². The normalized spacial score (nSPS) is 33.3. The minimum atomic E-state index is 0.00730. The maximum Gasteiger partial charge on any atom is 0.239 e. The van der Waals surface area contributed by atoms with Crippen LogP contribution in [0.25, 0.3) is 0 Å². The molecule has 2 saturated heterocycles. The third kappa shape index (κ3) is 2.78. The zero-order valence-corrected chi connectivity index (χ0v) is 10.6. The lowest BCUT2D eigenvalue weighted by molar-refractivity contribution is -0.132. The smallest absolute Gasteiger partial charge is 0.239 e. The van der Waals surface area contributed by atoms with E-state index >= 15 is 0 Å². The van der Waals surface area contributed by atoms with Crippen molar-refractivity contribution < 1.29 is 14.3 Å². The maximum atomic E-state index is 12.2. The van der Waals surface area contributed by atoms with Gasteiger partial charge in [-0.15, -0.1) is 0 Å². The molecule has 2 fully saturated rings. The van der Waals surface area contributed by atoms with Gasteiger partial charge in [0.2, 0.25) is 5.91 Å². The summed E-state index contributed by atoms with van der Waals surface area (Å²) in [6.45, 7) is 4.89. The third-order valence-corrected chi connectivity index (χ3v) is 3.57. The van der Waals surface area contributed by atoms with Crippen LogP contribution in [0.4, 0.5) is 0 Å². The summed E-state index contributed by atoms with van der Waals surface area (Å²) < 4.78 is 11.0. The number of likely N-dealkylation sites (tertiary alicyclic amines) is 1. The van der Waals surface area contributed by atoms with Gasteiger partial charge >= 0.3 is 0 Å². The first-order valence-electron chi connectivity index (χ1n) is 6.42. The van der Waals surface area contributed by atoms with Gasteiger partial charge in [0.25, 0.3) is 0 Å². The van der Waals surface area contributed by atoms with Gasteiger partial charge in [-0.3, -0.25) is 4.79 Å². The Labute approximate surface area is 102 Å². The van der Waals surface area contributed by atoms with Gasteiger partial charge in [-0.25, -0.2) is 0 Å². The van der Waals surface area contributed by atoms with E-state index < -0.39 is 0 Å². The Hall–Kier alpha value is -0.650. The van der Waals surface area contributed by atoms with E-state index in [1.165, 1.54) is 0 Å². The van der Waals surface area contributed by atoms with Crippen LogP contribution in [0, 0.1) is 0 Å². The fourth-order valence-electron chi connectivity index (χ4n) is 2.64. The largest absolute Gasteiger partial charge is 0.377 e. The minimum Gasteiger partial charge on any atom is -0.377 e. The number of carbonyl (C=O) groups is 1. The molecule has 0 radical (unpaired) electrons. The lowest BCUT2D eigenvalue weighted by Crippen LogP contribution is -2.43. The predicted molar refractivity (Wildman–Crippen MR) is 63.8 cm³/mol. The van der Waals surface area contributed by atoms with Gasteiger partial charge in [0.1, 0.15) is 12.2 Å². The van der Waals surface area contributed by atoms with E-state index in [0.29, 0.717) is 19.7 Å². The van der Waals surface area contributed by atoms with E-state index in [-0.39, 0.29) is 24.2 Å². The zero-order chi connectivity index (χ0) is 12.3. The quantitative estimate of drug-likeness (QED) is 0.754. The minimum absolute atomic E-state index is 0.00730. The van der Waals surface area contributed by atoms with Gasteiger partial charge in [0, 0.05) is 26.8 Å². The summed E-state index contributed by atoms with van der Waals surface area (Å²) in [4.78, 5) is 14.1. The second kappa shape index (κ2) is 5.80. The summed E-state index contributed by atoms with van der Waals surface area (Å²) in [5.74, 6) is 0.201. The van der Waals surface area contributed by atoms with Gasteiger partial charge in [0.15, 0.2) is 0 Å². The number of rotatable bonds is 4. The highest BCUT2D eigenvalue weighted by atomic mass is 16.5. The Morgan fingerprint density at radius 1 is 1.41 bits per heavy atom. The molecule has 0 bridgehead atoms. The first-order valence-corrected chi connectivity index (χ1v) is 6.42.